The second kappa shape index (κ2) is 6.39. The second-order valence-electron chi connectivity index (χ2n) is 4.71. The summed E-state index contributed by atoms with van der Waals surface area (Å²) in [6.07, 6.45) is 0. The van der Waals surface area contributed by atoms with Crippen LogP contribution in [0.1, 0.15) is 5.56 Å². The molecule has 3 aromatic rings. The monoisotopic (exact) mass is 347 g/mol. The zero-order valence-corrected chi connectivity index (χ0v) is 13.5. The van der Waals surface area contributed by atoms with Crippen molar-refractivity contribution in [2.45, 2.75) is 17.0 Å². The molecule has 0 saturated carbocycles. The number of nitrogens with zero attached hydrogens (tertiary/aromatic N) is 3. The van der Waals surface area contributed by atoms with Crippen LogP contribution < -0.4 is 0 Å². The SMILES string of the molecule is Cc1ccc(-c2nnc(Sc3ccc([N+](=O)[O-])cc3Cl)o2)cc1. The molecule has 23 heavy (non-hydrogen) atoms. The number of hydrogen-bond acceptors (Lipinski definition) is 6. The third kappa shape index (κ3) is 3.52. The van der Waals surface area contributed by atoms with Gasteiger partial charge in [-0.1, -0.05) is 29.3 Å². The van der Waals surface area contributed by atoms with Crippen LogP contribution in [0.5, 0.6) is 0 Å². The number of aryl methyl sites for hydroxylation is 1. The van der Waals surface area contributed by atoms with Gasteiger partial charge in [-0.15, -0.1) is 10.2 Å². The van der Waals surface area contributed by atoms with Gasteiger partial charge in [-0.2, -0.15) is 0 Å². The van der Waals surface area contributed by atoms with Crippen molar-refractivity contribution in [3.8, 4) is 11.5 Å². The van der Waals surface area contributed by atoms with Gasteiger partial charge in [-0.05, 0) is 36.9 Å². The van der Waals surface area contributed by atoms with Crippen molar-refractivity contribution >= 4 is 29.1 Å². The summed E-state index contributed by atoms with van der Waals surface area (Å²) in [6.45, 7) is 2.00. The fourth-order valence-electron chi connectivity index (χ4n) is 1.84. The first-order chi connectivity index (χ1) is 11.0. The fraction of sp³-hybridized carbons (Fsp3) is 0.0667. The van der Waals surface area contributed by atoms with Crippen molar-refractivity contribution in [2.24, 2.45) is 0 Å². The molecule has 1 heterocycles. The average molecular weight is 348 g/mol. The Labute approximate surface area is 140 Å². The van der Waals surface area contributed by atoms with Crippen molar-refractivity contribution in [1.29, 1.82) is 0 Å². The van der Waals surface area contributed by atoms with Crippen LogP contribution in [0.3, 0.4) is 0 Å². The highest BCUT2D eigenvalue weighted by Gasteiger charge is 2.14. The molecule has 0 radical (unpaired) electrons. The van der Waals surface area contributed by atoms with Crippen LogP contribution in [0.25, 0.3) is 11.5 Å². The molecule has 0 fully saturated rings. The number of aromatic nitrogens is 2. The zero-order valence-electron chi connectivity index (χ0n) is 11.9. The smallest absolute Gasteiger partial charge is 0.281 e. The summed E-state index contributed by atoms with van der Waals surface area (Å²) in [5.41, 5.74) is 1.90. The molecule has 0 N–H and O–H groups in total. The highest BCUT2D eigenvalue weighted by atomic mass is 35.5. The Kier molecular flexibility index (Phi) is 4.31. The van der Waals surface area contributed by atoms with Gasteiger partial charge >= 0.3 is 0 Å². The molecule has 2 aromatic carbocycles. The molecule has 116 valence electrons. The summed E-state index contributed by atoms with van der Waals surface area (Å²) in [5, 5.41) is 19.2. The Bertz CT molecular complexity index is 865. The molecule has 0 bridgehead atoms. The normalized spacial score (nSPS) is 10.7. The van der Waals surface area contributed by atoms with E-state index in [1.54, 1.807) is 6.07 Å². The molecule has 0 aliphatic carbocycles. The van der Waals surface area contributed by atoms with Crippen molar-refractivity contribution in [3.63, 3.8) is 0 Å². The van der Waals surface area contributed by atoms with Gasteiger partial charge in [0.1, 0.15) is 0 Å². The summed E-state index contributed by atoms with van der Waals surface area (Å²) in [6, 6.07) is 11.9. The van der Waals surface area contributed by atoms with Crippen LogP contribution in [0.2, 0.25) is 5.02 Å². The highest BCUT2D eigenvalue weighted by Crippen LogP contribution is 2.35. The van der Waals surface area contributed by atoms with E-state index in [1.165, 1.54) is 12.1 Å². The average Bonchev–Trinajstić information content (AvgIpc) is 2.98. The molecule has 0 unspecified atom stereocenters. The fourth-order valence-corrected chi connectivity index (χ4v) is 2.82. The second-order valence-corrected chi connectivity index (χ2v) is 6.11. The predicted molar refractivity (Wildman–Crippen MR) is 86.7 cm³/mol. The Morgan fingerprint density at radius 1 is 1.17 bits per heavy atom. The minimum atomic E-state index is -0.497. The van der Waals surface area contributed by atoms with E-state index in [2.05, 4.69) is 10.2 Å². The van der Waals surface area contributed by atoms with Gasteiger partial charge in [-0.3, -0.25) is 10.1 Å². The van der Waals surface area contributed by atoms with Crippen molar-refractivity contribution in [1.82, 2.24) is 10.2 Å². The topological polar surface area (TPSA) is 82.1 Å². The molecular formula is C15H10ClN3O3S. The first-order valence-electron chi connectivity index (χ1n) is 6.55. The Morgan fingerprint density at radius 2 is 1.91 bits per heavy atom. The molecule has 0 atom stereocenters. The van der Waals surface area contributed by atoms with Gasteiger partial charge in [-0.25, -0.2) is 0 Å². The van der Waals surface area contributed by atoms with Crippen LogP contribution in [-0.2, 0) is 0 Å². The van der Waals surface area contributed by atoms with Gasteiger partial charge < -0.3 is 4.42 Å². The Hall–Kier alpha value is -2.38. The lowest BCUT2D eigenvalue weighted by Crippen LogP contribution is -1.87. The number of hydrogen-bond donors (Lipinski definition) is 0. The third-order valence-electron chi connectivity index (χ3n) is 3.03. The summed E-state index contributed by atoms with van der Waals surface area (Å²) in [5.74, 6) is 0.408. The first kappa shape index (κ1) is 15.5. The molecule has 0 aliphatic rings. The van der Waals surface area contributed by atoms with Gasteiger partial charge in [0.25, 0.3) is 10.9 Å². The van der Waals surface area contributed by atoms with E-state index in [9.17, 15) is 10.1 Å². The van der Waals surface area contributed by atoms with E-state index >= 15 is 0 Å². The van der Waals surface area contributed by atoms with Crippen LogP contribution in [0.4, 0.5) is 5.69 Å². The van der Waals surface area contributed by atoms with Crippen LogP contribution in [0, 0.1) is 17.0 Å². The lowest BCUT2D eigenvalue weighted by molar-refractivity contribution is -0.384. The van der Waals surface area contributed by atoms with E-state index in [4.69, 9.17) is 16.0 Å². The molecule has 0 saturated heterocycles. The van der Waals surface area contributed by atoms with E-state index < -0.39 is 4.92 Å². The summed E-state index contributed by atoms with van der Waals surface area (Å²) < 4.78 is 5.59. The number of non-ortho nitro benzene ring substituents is 1. The van der Waals surface area contributed by atoms with Crippen LogP contribution in [-0.4, -0.2) is 15.1 Å². The lowest BCUT2D eigenvalue weighted by atomic mass is 10.1. The van der Waals surface area contributed by atoms with Crippen molar-refractivity contribution in [2.75, 3.05) is 0 Å². The quantitative estimate of drug-likeness (QED) is 0.500. The Morgan fingerprint density at radius 3 is 2.57 bits per heavy atom. The van der Waals surface area contributed by atoms with Gasteiger partial charge in [0.15, 0.2) is 0 Å². The Balaban J connectivity index is 1.82. The molecule has 1 aromatic heterocycles. The summed E-state index contributed by atoms with van der Waals surface area (Å²) in [4.78, 5) is 10.8. The van der Waals surface area contributed by atoms with E-state index in [1.807, 2.05) is 31.2 Å². The van der Waals surface area contributed by atoms with Gasteiger partial charge in [0, 0.05) is 22.6 Å². The van der Waals surface area contributed by atoms with E-state index in [0.717, 1.165) is 22.9 Å². The van der Waals surface area contributed by atoms with Crippen molar-refractivity contribution in [3.05, 3.63) is 63.2 Å². The maximum absolute atomic E-state index is 10.7. The standard InChI is InChI=1S/C15H10ClN3O3S/c1-9-2-4-10(5-3-9)14-17-18-15(22-14)23-13-7-6-11(19(20)21)8-12(13)16/h2-8H,1H3. The number of halogens is 1. The maximum atomic E-state index is 10.7. The molecular weight excluding hydrogens is 338 g/mol. The lowest BCUT2D eigenvalue weighted by Gasteiger charge is -2.00. The van der Waals surface area contributed by atoms with Gasteiger partial charge in [0.05, 0.1) is 9.95 Å². The molecule has 8 heteroatoms. The van der Waals surface area contributed by atoms with E-state index in [0.29, 0.717) is 16.0 Å². The van der Waals surface area contributed by atoms with Gasteiger partial charge in [0.2, 0.25) is 5.89 Å². The highest BCUT2D eigenvalue weighted by molar-refractivity contribution is 7.99. The maximum Gasteiger partial charge on any atom is 0.281 e. The molecule has 3 rings (SSSR count). The number of nitro groups is 1. The van der Waals surface area contributed by atoms with Crippen LogP contribution >= 0.6 is 23.4 Å². The number of rotatable bonds is 4. The number of benzene rings is 2. The van der Waals surface area contributed by atoms with Crippen LogP contribution in [0.15, 0.2) is 57.0 Å². The molecule has 0 amide bonds. The predicted octanol–water partition coefficient (Wildman–Crippen LogP) is 4.76. The third-order valence-corrected chi connectivity index (χ3v) is 4.37. The summed E-state index contributed by atoms with van der Waals surface area (Å²) in [7, 11) is 0. The first-order valence-corrected chi connectivity index (χ1v) is 7.75. The summed E-state index contributed by atoms with van der Waals surface area (Å²) >= 11 is 7.21. The minimum Gasteiger partial charge on any atom is -0.411 e. The molecule has 6 nitrogen and oxygen atoms in total. The zero-order chi connectivity index (χ0) is 16.4. The largest absolute Gasteiger partial charge is 0.411 e. The number of nitro benzene ring substituents is 1. The molecule has 0 aliphatic heterocycles. The molecule has 0 spiro atoms. The van der Waals surface area contributed by atoms with E-state index in [-0.39, 0.29) is 10.7 Å². The minimum absolute atomic E-state index is 0.0646. The van der Waals surface area contributed by atoms with Crippen molar-refractivity contribution < 1.29 is 9.34 Å².